The van der Waals surface area contributed by atoms with Gasteiger partial charge in [-0.15, -0.1) is 12.4 Å². The summed E-state index contributed by atoms with van der Waals surface area (Å²) in [5, 5.41) is 13.5. The van der Waals surface area contributed by atoms with E-state index in [-0.39, 0.29) is 36.2 Å². The number of amides is 1. The molecule has 7 nitrogen and oxygen atoms in total. The summed E-state index contributed by atoms with van der Waals surface area (Å²) in [5.74, 6) is 0.194. The molecular formula is C14H21ClN4O3. The molecule has 8 heteroatoms. The molecule has 0 aliphatic carbocycles. The second-order valence-corrected chi connectivity index (χ2v) is 5.30. The number of nitro groups is 1. The van der Waals surface area contributed by atoms with E-state index >= 15 is 0 Å². The number of hydrogen-bond donors (Lipinski definition) is 2. The lowest BCUT2D eigenvalue weighted by molar-refractivity contribution is -0.383. The number of nitrogens with one attached hydrogen (secondary N) is 1. The van der Waals surface area contributed by atoms with Crippen LogP contribution in [0.4, 0.5) is 11.4 Å². The standard InChI is InChI=1S/C14H20N4O3.ClH/c15-8-11-4-3-7-17(9-11)10-14(19)16-12-5-1-2-6-13(12)18(20)21;/h1-2,5-6,11H,3-4,7-10,15H2,(H,16,19);1H. The summed E-state index contributed by atoms with van der Waals surface area (Å²) in [4.78, 5) is 24.5. The monoisotopic (exact) mass is 328 g/mol. The fraction of sp³-hybridized carbons (Fsp3) is 0.500. The molecule has 1 atom stereocenters. The highest BCUT2D eigenvalue weighted by molar-refractivity contribution is 5.94. The average Bonchev–Trinajstić information content (AvgIpc) is 2.47. The van der Waals surface area contributed by atoms with Gasteiger partial charge in [-0.2, -0.15) is 0 Å². The quantitative estimate of drug-likeness (QED) is 0.631. The third kappa shape index (κ3) is 4.94. The van der Waals surface area contributed by atoms with Crippen LogP contribution in [0.1, 0.15) is 12.8 Å². The van der Waals surface area contributed by atoms with Gasteiger partial charge in [0, 0.05) is 12.6 Å². The topological polar surface area (TPSA) is 102 Å². The zero-order chi connectivity index (χ0) is 15.2. The van der Waals surface area contributed by atoms with E-state index in [1.54, 1.807) is 12.1 Å². The van der Waals surface area contributed by atoms with Gasteiger partial charge >= 0.3 is 0 Å². The molecule has 1 unspecified atom stereocenters. The maximum Gasteiger partial charge on any atom is 0.292 e. The Balaban J connectivity index is 0.00000242. The number of likely N-dealkylation sites (tertiary alicyclic amines) is 1. The number of hydrogen-bond acceptors (Lipinski definition) is 5. The van der Waals surface area contributed by atoms with Crippen molar-refractivity contribution in [1.29, 1.82) is 0 Å². The highest BCUT2D eigenvalue weighted by Gasteiger charge is 2.21. The Morgan fingerprint density at radius 3 is 2.86 bits per heavy atom. The Morgan fingerprint density at radius 2 is 2.18 bits per heavy atom. The highest BCUT2D eigenvalue weighted by atomic mass is 35.5. The van der Waals surface area contributed by atoms with Crippen LogP contribution < -0.4 is 11.1 Å². The van der Waals surface area contributed by atoms with E-state index in [0.29, 0.717) is 12.5 Å². The highest BCUT2D eigenvalue weighted by Crippen LogP contribution is 2.23. The lowest BCUT2D eigenvalue weighted by Gasteiger charge is -2.31. The minimum absolute atomic E-state index is 0. The molecule has 22 heavy (non-hydrogen) atoms. The Hall–Kier alpha value is -1.70. The number of nitrogens with two attached hydrogens (primary N) is 1. The molecule has 1 aliphatic heterocycles. The molecule has 0 saturated carbocycles. The van der Waals surface area contributed by atoms with E-state index in [0.717, 1.165) is 25.9 Å². The van der Waals surface area contributed by atoms with Crippen molar-refractivity contribution < 1.29 is 9.72 Å². The van der Waals surface area contributed by atoms with Gasteiger partial charge in [-0.25, -0.2) is 0 Å². The summed E-state index contributed by atoms with van der Waals surface area (Å²) < 4.78 is 0. The molecular weight excluding hydrogens is 308 g/mol. The van der Waals surface area contributed by atoms with Gasteiger partial charge in [-0.1, -0.05) is 12.1 Å². The molecule has 0 radical (unpaired) electrons. The smallest absolute Gasteiger partial charge is 0.292 e. The summed E-state index contributed by atoms with van der Waals surface area (Å²) in [5.41, 5.74) is 5.81. The van der Waals surface area contributed by atoms with Crippen LogP contribution in [0.5, 0.6) is 0 Å². The Labute approximate surface area is 135 Å². The van der Waals surface area contributed by atoms with Crippen molar-refractivity contribution in [2.75, 3.05) is 31.5 Å². The molecule has 0 bridgehead atoms. The van der Waals surface area contributed by atoms with E-state index in [4.69, 9.17) is 5.73 Å². The molecule has 1 aromatic rings. The second kappa shape index (κ2) is 8.67. The summed E-state index contributed by atoms with van der Waals surface area (Å²) in [6.45, 7) is 2.53. The fourth-order valence-corrected chi connectivity index (χ4v) is 2.62. The van der Waals surface area contributed by atoms with Crippen molar-refractivity contribution in [3.63, 3.8) is 0 Å². The van der Waals surface area contributed by atoms with Crippen LogP contribution in [-0.4, -0.2) is 41.9 Å². The molecule has 122 valence electrons. The summed E-state index contributed by atoms with van der Waals surface area (Å²) >= 11 is 0. The summed E-state index contributed by atoms with van der Waals surface area (Å²) in [6.07, 6.45) is 2.12. The van der Waals surface area contributed by atoms with Crippen LogP contribution >= 0.6 is 12.4 Å². The van der Waals surface area contributed by atoms with Gasteiger partial charge in [0.05, 0.1) is 11.5 Å². The van der Waals surface area contributed by atoms with E-state index in [1.165, 1.54) is 12.1 Å². The lowest BCUT2D eigenvalue weighted by atomic mass is 9.98. The zero-order valence-corrected chi connectivity index (χ0v) is 13.1. The Bertz CT molecular complexity index is 527. The third-order valence-electron chi connectivity index (χ3n) is 3.68. The van der Waals surface area contributed by atoms with Gasteiger partial charge in [0.1, 0.15) is 5.69 Å². The lowest BCUT2D eigenvalue weighted by Crippen LogP contribution is -2.42. The minimum Gasteiger partial charge on any atom is -0.330 e. The molecule has 1 saturated heterocycles. The SMILES string of the molecule is Cl.NCC1CCCN(CC(=O)Nc2ccccc2[N+](=O)[O-])C1. The second-order valence-electron chi connectivity index (χ2n) is 5.30. The van der Waals surface area contributed by atoms with Crippen molar-refractivity contribution in [3.8, 4) is 0 Å². The first-order chi connectivity index (χ1) is 10.1. The van der Waals surface area contributed by atoms with Crippen LogP contribution in [0.2, 0.25) is 0 Å². The molecule has 2 rings (SSSR count). The van der Waals surface area contributed by atoms with E-state index < -0.39 is 4.92 Å². The first-order valence-electron chi connectivity index (χ1n) is 7.06. The van der Waals surface area contributed by atoms with Gasteiger partial charge in [-0.05, 0) is 37.9 Å². The van der Waals surface area contributed by atoms with Gasteiger partial charge in [0.15, 0.2) is 0 Å². The number of carbonyl (C=O) groups excluding carboxylic acids is 1. The number of benzene rings is 1. The number of rotatable bonds is 5. The fourth-order valence-electron chi connectivity index (χ4n) is 2.62. The van der Waals surface area contributed by atoms with Crippen molar-refractivity contribution in [3.05, 3.63) is 34.4 Å². The maximum atomic E-state index is 12.0. The van der Waals surface area contributed by atoms with Gasteiger partial charge < -0.3 is 11.1 Å². The van der Waals surface area contributed by atoms with Gasteiger partial charge in [0.25, 0.3) is 5.69 Å². The summed E-state index contributed by atoms with van der Waals surface area (Å²) in [6, 6.07) is 6.15. The number of para-hydroxylation sites is 2. The van der Waals surface area contributed by atoms with Crippen molar-refractivity contribution in [2.24, 2.45) is 11.7 Å². The normalized spacial score (nSPS) is 18.3. The van der Waals surface area contributed by atoms with Crippen LogP contribution in [-0.2, 0) is 4.79 Å². The van der Waals surface area contributed by atoms with Crippen LogP contribution in [0, 0.1) is 16.0 Å². The number of nitrogens with zero attached hydrogens (tertiary/aromatic N) is 2. The number of halogens is 1. The zero-order valence-electron chi connectivity index (χ0n) is 12.2. The average molecular weight is 329 g/mol. The van der Waals surface area contributed by atoms with Crippen LogP contribution in [0.25, 0.3) is 0 Å². The predicted molar refractivity (Wildman–Crippen MR) is 87.2 cm³/mol. The number of nitro benzene ring substituents is 1. The van der Waals surface area contributed by atoms with Crippen LogP contribution in [0.15, 0.2) is 24.3 Å². The maximum absolute atomic E-state index is 12.0. The van der Waals surface area contributed by atoms with Crippen molar-refractivity contribution in [2.45, 2.75) is 12.8 Å². The first kappa shape index (κ1) is 18.3. The molecule has 0 spiro atoms. The van der Waals surface area contributed by atoms with Gasteiger partial charge in [-0.3, -0.25) is 19.8 Å². The first-order valence-corrected chi connectivity index (χ1v) is 7.06. The molecule has 1 amide bonds. The number of carbonyl (C=O) groups is 1. The van der Waals surface area contributed by atoms with Crippen molar-refractivity contribution in [1.82, 2.24) is 4.90 Å². The van der Waals surface area contributed by atoms with E-state index in [2.05, 4.69) is 5.32 Å². The minimum atomic E-state index is -0.499. The molecule has 1 aliphatic rings. The number of piperidine rings is 1. The Morgan fingerprint density at radius 1 is 1.45 bits per heavy atom. The van der Waals surface area contributed by atoms with Crippen molar-refractivity contribution >= 4 is 29.7 Å². The van der Waals surface area contributed by atoms with E-state index in [9.17, 15) is 14.9 Å². The molecule has 1 fully saturated rings. The predicted octanol–water partition coefficient (Wildman–Crippen LogP) is 1.63. The van der Waals surface area contributed by atoms with Crippen LogP contribution in [0.3, 0.4) is 0 Å². The third-order valence-corrected chi connectivity index (χ3v) is 3.68. The molecule has 3 N–H and O–H groups in total. The molecule has 1 heterocycles. The van der Waals surface area contributed by atoms with Gasteiger partial charge in [0.2, 0.25) is 5.91 Å². The summed E-state index contributed by atoms with van der Waals surface area (Å²) in [7, 11) is 0. The molecule has 1 aromatic carbocycles. The Kier molecular flexibility index (Phi) is 7.23. The largest absolute Gasteiger partial charge is 0.330 e. The van der Waals surface area contributed by atoms with E-state index in [1.807, 2.05) is 4.90 Å². The number of anilines is 1. The molecule has 0 aromatic heterocycles.